The van der Waals surface area contributed by atoms with Crippen molar-refractivity contribution in [1.29, 1.82) is 0 Å². The van der Waals surface area contributed by atoms with Crippen molar-refractivity contribution in [1.82, 2.24) is 9.80 Å². The number of nitrogens with zero attached hydrogens (tertiary/aromatic N) is 2. The van der Waals surface area contributed by atoms with E-state index < -0.39 is 6.04 Å². The van der Waals surface area contributed by atoms with E-state index in [1.807, 2.05) is 42.2 Å². The SMILES string of the molecule is CCC(=O)N1CCC[C@@H]1[C@H]1CCCN1[C@H](C(N)=O)c1ccccc1. The molecule has 0 radical (unpaired) electrons. The summed E-state index contributed by atoms with van der Waals surface area (Å²) in [6.45, 7) is 3.62. The molecule has 2 aliphatic rings. The standard InChI is InChI=1S/C19H27N3O2/c1-2-17(23)21-12-6-10-15(21)16-11-7-13-22(16)18(19(20)24)14-8-4-3-5-9-14/h3-5,8-9,15-16,18H,2,6-7,10-13H2,1H3,(H2,20,24)/t15-,16-,18+/m1/s1. The molecule has 1 aromatic carbocycles. The van der Waals surface area contributed by atoms with Crippen LogP contribution in [0.2, 0.25) is 0 Å². The number of benzene rings is 1. The van der Waals surface area contributed by atoms with Gasteiger partial charge in [-0.05, 0) is 37.8 Å². The molecule has 3 atom stereocenters. The van der Waals surface area contributed by atoms with Crippen molar-refractivity contribution < 1.29 is 9.59 Å². The highest BCUT2D eigenvalue weighted by Crippen LogP contribution is 2.35. The zero-order chi connectivity index (χ0) is 17.1. The number of nitrogens with two attached hydrogens (primary N) is 1. The van der Waals surface area contributed by atoms with E-state index in [9.17, 15) is 9.59 Å². The predicted octanol–water partition coefficient (Wildman–Crippen LogP) is 2.08. The number of hydrogen-bond acceptors (Lipinski definition) is 3. The summed E-state index contributed by atoms with van der Waals surface area (Å²) in [5.74, 6) is -0.0841. The third kappa shape index (κ3) is 3.18. The van der Waals surface area contributed by atoms with Crippen molar-refractivity contribution in [3.63, 3.8) is 0 Å². The van der Waals surface area contributed by atoms with E-state index in [1.165, 1.54) is 0 Å². The molecule has 130 valence electrons. The van der Waals surface area contributed by atoms with Crippen LogP contribution in [0.4, 0.5) is 0 Å². The van der Waals surface area contributed by atoms with Crippen molar-refractivity contribution in [2.45, 2.75) is 57.2 Å². The monoisotopic (exact) mass is 329 g/mol. The highest BCUT2D eigenvalue weighted by molar-refractivity contribution is 5.81. The van der Waals surface area contributed by atoms with E-state index >= 15 is 0 Å². The Balaban J connectivity index is 1.86. The molecule has 24 heavy (non-hydrogen) atoms. The van der Waals surface area contributed by atoms with Crippen LogP contribution in [0.1, 0.15) is 50.6 Å². The number of hydrogen-bond donors (Lipinski definition) is 1. The number of rotatable bonds is 5. The smallest absolute Gasteiger partial charge is 0.239 e. The molecule has 1 aromatic rings. The van der Waals surface area contributed by atoms with Crippen molar-refractivity contribution >= 4 is 11.8 Å². The summed E-state index contributed by atoms with van der Waals surface area (Å²) < 4.78 is 0. The first-order chi connectivity index (χ1) is 11.6. The van der Waals surface area contributed by atoms with Gasteiger partial charge in [0, 0.05) is 25.0 Å². The minimum atomic E-state index is -0.405. The molecule has 2 fully saturated rings. The van der Waals surface area contributed by atoms with Crippen LogP contribution in [0.5, 0.6) is 0 Å². The largest absolute Gasteiger partial charge is 0.368 e. The zero-order valence-corrected chi connectivity index (χ0v) is 14.4. The summed E-state index contributed by atoms with van der Waals surface area (Å²) in [6, 6.07) is 9.80. The first kappa shape index (κ1) is 17.0. The first-order valence-electron chi connectivity index (χ1n) is 9.03. The maximum Gasteiger partial charge on any atom is 0.239 e. The van der Waals surface area contributed by atoms with E-state index in [-0.39, 0.29) is 23.9 Å². The second-order valence-electron chi connectivity index (χ2n) is 6.81. The van der Waals surface area contributed by atoms with Crippen LogP contribution < -0.4 is 5.73 Å². The molecule has 2 saturated heterocycles. The zero-order valence-electron chi connectivity index (χ0n) is 14.4. The summed E-state index contributed by atoms with van der Waals surface area (Å²) in [6.07, 6.45) is 4.68. The van der Waals surface area contributed by atoms with Crippen molar-refractivity contribution in [2.24, 2.45) is 5.73 Å². The maximum absolute atomic E-state index is 12.3. The van der Waals surface area contributed by atoms with Crippen LogP contribution in [0.3, 0.4) is 0 Å². The van der Waals surface area contributed by atoms with Crippen molar-refractivity contribution in [3.8, 4) is 0 Å². The van der Waals surface area contributed by atoms with Gasteiger partial charge in [-0.3, -0.25) is 14.5 Å². The van der Waals surface area contributed by atoms with E-state index in [4.69, 9.17) is 5.73 Å². The van der Waals surface area contributed by atoms with Crippen LogP contribution in [0.25, 0.3) is 0 Å². The number of primary amides is 1. The van der Waals surface area contributed by atoms with Gasteiger partial charge in [0.05, 0.1) is 0 Å². The van der Waals surface area contributed by atoms with Gasteiger partial charge in [0.25, 0.3) is 0 Å². The van der Waals surface area contributed by atoms with Crippen LogP contribution >= 0.6 is 0 Å². The van der Waals surface area contributed by atoms with E-state index in [0.29, 0.717) is 6.42 Å². The molecule has 0 aromatic heterocycles. The average molecular weight is 329 g/mol. The summed E-state index contributed by atoms with van der Waals surface area (Å²) >= 11 is 0. The van der Waals surface area contributed by atoms with Crippen LogP contribution in [0.15, 0.2) is 30.3 Å². The molecular formula is C19H27N3O2. The Morgan fingerprint density at radius 2 is 1.79 bits per heavy atom. The van der Waals surface area contributed by atoms with Gasteiger partial charge >= 0.3 is 0 Å². The van der Waals surface area contributed by atoms with E-state index in [2.05, 4.69) is 4.90 Å². The minimum Gasteiger partial charge on any atom is -0.368 e. The molecule has 0 spiro atoms. The van der Waals surface area contributed by atoms with Crippen LogP contribution in [-0.4, -0.2) is 46.8 Å². The van der Waals surface area contributed by atoms with Gasteiger partial charge in [0.1, 0.15) is 6.04 Å². The maximum atomic E-state index is 12.3. The third-order valence-electron chi connectivity index (χ3n) is 5.42. The third-order valence-corrected chi connectivity index (χ3v) is 5.42. The molecule has 3 rings (SSSR count). The summed E-state index contributed by atoms with van der Waals surface area (Å²) in [4.78, 5) is 28.8. The van der Waals surface area contributed by atoms with E-state index in [0.717, 1.165) is 44.3 Å². The Kier molecular flexibility index (Phi) is 5.19. The predicted molar refractivity (Wildman–Crippen MR) is 93.1 cm³/mol. The molecule has 2 aliphatic heterocycles. The van der Waals surface area contributed by atoms with Crippen LogP contribution in [0, 0.1) is 0 Å². The summed E-state index contributed by atoms with van der Waals surface area (Å²) in [7, 11) is 0. The second kappa shape index (κ2) is 7.34. The van der Waals surface area contributed by atoms with Gasteiger partial charge in [0.2, 0.25) is 11.8 Å². The fraction of sp³-hybridized carbons (Fsp3) is 0.579. The van der Waals surface area contributed by atoms with Crippen LogP contribution in [-0.2, 0) is 9.59 Å². The molecule has 0 saturated carbocycles. The van der Waals surface area contributed by atoms with Crippen molar-refractivity contribution in [2.75, 3.05) is 13.1 Å². The summed E-state index contributed by atoms with van der Waals surface area (Å²) in [5, 5.41) is 0. The topological polar surface area (TPSA) is 66.6 Å². The molecule has 2 heterocycles. The number of amides is 2. The minimum absolute atomic E-state index is 0.213. The average Bonchev–Trinajstić information content (AvgIpc) is 3.23. The number of carbonyl (C=O) groups excluding carboxylic acids is 2. The molecule has 5 heteroatoms. The lowest BCUT2D eigenvalue weighted by Gasteiger charge is -2.38. The Bertz CT molecular complexity index is 590. The fourth-order valence-electron chi connectivity index (χ4n) is 4.41. The molecule has 2 N–H and O–H groups in total. The molecule has 2 amide bonds. The normalized spacial score (nSPS) is 25.8. The molecule has 5 nitrogen and oxygen atoms in total. The Morgan fingerprint density at radius 1 is 1.12 bits per heavy atom. The molecule has 0 unspecified atom stereocenters. The van der Waals surface area contributed by atoms with E-state index in [1.54, 1.807) is 0 Å². The first-order valence-corrected chi connectivity index (χ1v) is 9.03. The lowest BCUT2D eigenvalue weighted by atomic mass is 9.98. The molecule has 0 aliphatic carbocycles. The molecular weight excluding hydrogens is 302 g/mol. The van der Waals surface area contributed by atoms with Gasteiger partial charge in [-0.15, -0.1) is 0 Å². The summed E-state index contributed by atoms with van der Waals surface area (Å²) in [5.41, 5.74) is 6.72. The Hall–Kier alpha value is -1.88. The van der Waals surface area contributed by atoms with Gasteiger partial charge < -0.3 is 10.6 Å². The number of likely N-dealkylation sites (tertiary alicyclic amines) is 2. The van der Waals surface area contributed by atoms with Gasteiger partial charge in [0.15, 0.2) is 0 Å². The Morgan fingerprint density at radius 3 is 2.46 bits per heavy atom. The fourth-order valence-corrected chi connectivity index (χ4v) is 4.41. The highest BCUT2D eigenvalue weighted by Gasteiger charge is 2.43. The van der Waals surface area contributed by atoms with Crippen molar-refractivity contribution in [3.05, 3.63) is 35.9 Å². The van der Waals surface area contributed by atoms with Gasteiger partial charge in [-0.25, -0.2) is 0 Å². The lowest BCUT2D eigenvalue weighted by molar-refractivity contribution is -0.133. The quantitative estimate of drug-likeness (QED) is 0.899. The van der Waals surface area contributed by atoms with Gasteiger partial charge in [-0.2, -0.15) is 0 Å². The second-order valence-corrected chi connectivity index (χ2v) is 6.81. The Labute approximate surface area is 143 Å². The van der Waals surface area contributed by atoms with Gasteiger partial charge in [-0.1, -0.05) is 37.3 Å². The highest BCUT2D eigenvalue weighted by atomic mass is 16.2. The molecule has 0 bridgehead atoms. The lowest BCUT2D eigenvalue weighted by Crippen LogP contribution is -2.51. The number of carbonyl (C=O) groups is 2.